The zero-order valence-electron chi connectivity index (χ0n) is 11.3. The van der Waals surface area contributed by atoms with Crippen molar-refractivity contribution >= 4 is 38.9 Å². The normalized spacial score (nSPS) is 10.3. The second-order valence-corrected chi connectivity index (χ2v) is 5.85. The third-order valence-corrected chi connectivity index (χ3v) is 3.42. The van der Waals surface area contributed by atoms with E-state index < -0.39 is 0 Å². The number of aryl methyl sites for hydroxylation is 2. The van der Waals surface area contributed by atoms with Crippen molar-refractivity contribution in [2.24, 2.45) is 0 Å². The number of benzene rings is 1. The van der Waals surface area contributed by atoms with Crippen LogP contribution in [0.3, 0.4) is 0 Å². The summed E-state index contributed by atoms with van der Waals surface area (Å²) in [7, 11) is 0. The van der Waals surface area contributed by atoms with Crippen molar-refractivity contribution in [3.05, 3.63) is 46.7 Å². The number of rotatable bonds is 5. The van der Waals surface area contributed by atoms with Crippen molar-refractivity contribution in [1.29, 1.82) is 0 Å². The number of nitrogens with one attached hydrogen (secondary N) is 2. The van der Waals surface area contributed by atoms with Gasteiger partial charge in [-0.1, -0.05) is 17.7 Å². The minimum atomic E-state index is 0.649. The Morgan fingerprint density at radius 2 is 2.10 bits per heavy atom. The Bertz CT molecular complexity index is 565. The Morgan fingerprint density at radius 3 is 2.75 bits per heavy atom. The van der Waals surface area contributed by atoms with Crippen molar-refractivity contribution in [2.45, 2.75) is 19.9 Å². The van der Waals surface area contributed by atoms with Crippen molar-refractivity contribution in [3.63, 3.8) is 0 Å². The lowest BCUT2D eigenvalue weighted by Crippen LogP contribution is -2.29. The molecule has 0 bridgehead atoms. The SMILES string of the molecule is Cc1ccc(NC(=S)NCCCn2cc(Br)cn2)cc1. The first-order valence-corrected chi connectivity index (χ1v) is 7.63. The lowest BCUT2D eigenvalue weighted by Gasteiger charge is -2.10. The highest BCUT2D eigenvalue weighted by molar-refractivity contribution is 9.10. The summed E-state index contributed by atoms with van der Waals surface area (Å²) < 4.78 is 2.91. The van der Waals surface area contributed by atoms with Crippen molar-refractivity contribution in [3.8, 4) is 0 Å². The van der Waals surface area contributed by atoms with Gasteiger partial charge in [-0.25, -0.2) is 0 Å². The number of thiocarbonyl (C=S) groups is 1. The summed E-state index contributed by atoms with van der Waals surface area (Å²) in [4.78, 5) is 0. The van der Waals surface area contributed by atoms with Crippen LogP contribution in [0.15, 0.2) is 41.1 Å². The van der Waals surface area contributed by atoms with E-state index in [0.717, 1.165) is 29.7 Å². The maximum absolute atomic E-state index is 5.25. The number of hydrogen-bond donors (Lipinski definition) is 2. The van der Waals surface area contributed by atoms with E-state index in [-0.39, 0.29) is 0 Å². The van der Waals surface area contributed by atoms with Crippen LogP contribution in [0.1, 0.15) is 12.0 Å². The summed E-state index contributed by atoms with van der Waals surface area (Å²) in [6, 6.07) is 8.15. The largest absolute Gasteiger partial charge is 0.362 e. The van der Waals surface area contributed by atoms with Crippen molar-refractivity contribution in [1.82, 2.24) is 15.1 Å². The van der Waals surface area contributed by atoms with Gasteiger partial charge < -0.3 is 10.6 Å². The summed E-state index contributed by atoms with van der Waals surface area (Å²) in [5, 5.41) is 11.2. The standard InChI is InChI=1S/C14H17BrN4S/c1-11-3-5-13(6-4-11)18-14(20)16-7-2-8-19-10-12(15)9-17-19/h3-6,9-10H,2,7-8H2,1H3,(H2,16,18,20). The average molecular weight is 353 g/mol. The molecule has 0 unspecified atom stereocenters. The maximum atomic E-state index is 5.25. The summed E-state index contributed by atoms with van der Waals surface area (Å²) in [5.74, 6) is 0. The van der Waals surface area contributed by atoms with Gasteiger partial charge in [0.25, 0.3) is 0 Å². The number of nitrogens with zero attached hydrogens (tertiary/aromatic N) is 2. The molecule has 0 saturated heterocycles. The minimum absolute atomic E-state index is 0.649. The molecule has 0 fully saturated rings. The van der Waals surface area contributed by atoms with Gasteiger partial charge in [0.05, 0.1) is 10.7 Å². The third kappa shape index (κ3) is 4.94. The van der Waals surface area contributed by atoms with Gasteiger partial charge >= 0.3 is 0 Å². The monoisotopic (exact) mass is 352 g/mol. The summed E-state index contributed by atoms with van der Waals surface area (Å²) in [6.07, 6.45) is 4.71. The lowest BCUT2D eigenvalue weighted by atomic mass is 10.2. The van der Waals surface area contributed by atoms with Gasteiger partial charge in [-0.15, -0.1) is 0 Å². The van der Waals surface area contributed by atoms with E-state index in [1.807, 2.05) is 23.0 Å². The van der Waals surface area contributed by atoms with Crippen LogP contribution in [-0.2, 0) is 6.54 Å². The van der Waals surface area contributed by atoms with Gasteiger partial charge in [-0.3, -0.25) is 4.68 Å². The molecule has 1 aromatic heterocycles. The molecule has 0 aliphatic rings. The van der Waals surface area contributed by atoms with Gasteiger partial charge in [0.1, 0.15) is 0 Å². The Hall–Kier alpha value is -1.40. The second-order valence-electron chi connectivity index (χ2n) is 4.52. The predicted octanol–water partition coefficient (Wildman–Crippen LogP) is 3.33. The summed E-state index contributed by atoms with van der Waals surface area (Å²) >= 11 is 8.63. The summed E-state index contributed by atoms with van der Waals surface area (Å²) in [6.45, 7) is 3.74. The first kappa shape index (κ1) is 15.0. The molecule has 2 rings (SSSR count). The molecule has 1 aromatic carbocycles. The van der Waals surface area contributed by atoms with E-state index in [9.17, 15) is 0 Å². The molecule has 6 heteroatoms. The van der Waals surface area contributed by atoms with Crippen LogP contribution >= 0.6 is 28.1 Å². The molecule has 2 aromatic rings. The van der Waals surface area contributed by atoms with Crippen LogP contribution < -0.4 is 10.6 Å². The number of anilines is 1. The molecule has 0 spiro atoms. The van der Waals surface area contributed by atoms with E-state index in [0.29, 0.717) is 5.11 Å². The third-order valence-electron chi connectivity index (χ3n) is 2.76. The second kappa shape index (κ2) is 7.40. The number of aromatic nitrogens is 2. The Balaban J connectivity index is 1.66. The number of halogens is 1. The van der Waals surface area contributed by atoms with E-state index >= 15 is 0 Å². The van der Waals surface area contributed by atoms with Crippen molar-refractivity contribution in [2.75, 3.05) is 11.9 Å². The topological polar surface area (TPSA) is 41.9 Å². The fraction of sp³-hybridized carbons (Fsp3) is 0.286. The molecule has 4 nitrogen and oxygen atoms in total. The summed E-state index contributed by atoms with van der Waals surface area (Å²) in [5.41, 5.74) is 2.24. The first-order valence-electron chi connectivity index (χ1n) is 6.43. The van der Waals surface area contributed by atoms with Gasteiger partial charge in [-0.2, -0.15) is 5.10 Å². The molecule has 20 heavy (non-hydrogen) atoms. The molecule has 2 N–H and O–H groups in total. The van der Waals surface area contributed by atoms with Crippen LogP contribution in [0.4, 0.5) is 5.69 Å². The van der Waals surface area contributed by atoms with Crippen molar-refractivity contribution < 1.29 is 0 Å². The van der Waals surface area contributed by atoms with Gasteiger partial charge in [-0.05, 0) is 53.6 Å². The van der Waals surface area contributed by atoms with Crippen LogP contribution in [0.2, 0.25) is 0 Å². The van der Waals surface area contributed by atoms with Crippen LogP contribution in [-0.4, -0.2) is 21.4 Å². The molecule has 0 amide bonds. The molecule has 0 aliphatic heterocycles. The molecule has 0 saturated carbocycles. The fourth-order valence-corrected chi connectivity index (χ4v) is 2.26. The molecule has 0 aliphatic carbocycles. The fourth-order valence-electron chi connectivity index (χ4n) is 1.72. The van der Waals surface area contributed by atoms with E-state index in [1.54, 1.807) is 6.20 Å². The molecule has 1 heterocycles. The molecule has 0 atom stereocenters. The van der Waals surface area contributed by atoms with Gasteiger partial charge in [0.2, 0.25) is 0 Å². The zero-order chi connectivity index (χ0) is 14.4. The average Bonchev–Trinajstić information content (AvgIpc) is 2.83. The maximum Gasteiger partial charge on any atom is 0.170 e. The van der Waals surface area contributed by atoms with E-state index in [1.165, 1.54) is 5.56 Å². The van der Waals surface area contributed by atoms with E-state index in [4.69, 9.17) is 12.2 Å². The lowest BCUT2D eigenvalue weighted by molar-refractivity contribution is 0.573. The highest BCUT2D eigenvalue weighted by Crippen LogP contribution is 2.08. The Kier molecular flexibility index (Phi) is 5.55. The molecule has 0 radical (unpaired) electrons. The molecular formula is C14H17BrN4S. The first-order chi connectivity index (χ1) is 9.63. The molecule has 106 valence electrons. The highest BCUT2D eigenvalue weighted by Gasteiger charge is 1.98. The van der Waals surface area contributed by atoms with Crippen LogP contribution in [0, 0.1) is 6.92 Å². The predicted molar refractivity (Wildman–Crippen MR) is 89.9 cm³/mol. The number of hydrogen-bond acceptors (Lipinski definition) is 2. The Morgan fingerprint density at radius 1 is 1.35 bits per heavy atom. The Labute approximate surface area is 132 Å². The van der Waals surface area contributed by atoms with Gasteiger partial charge in [0.15, 0.2) is 5.11 Å². The smallest absolute Gasteiger partial charge is 0.170 e. The van der Waals surface area contributed by atoms with Crippen LogP contribution in [0.5, 0.6) is 0 Å². The quantitative estimate of drug-likeness (QED) is 0.639. The van der Waals surface area contributed by atoms with Crippen LogP contribution in [0.25, 0.3) is 0 Å². The van der Waals surface area contributed by atoms with Gasteiger partial charge in [0, 0.05) is 25.0 Å². The zero-order valence-corrected chi connectivity index (χ0v) is 13.7. The molecular weight excluding hydrogens is 336 g/mol. The highest BCUT2D eigenvalue weighted by atomic mass is 79.9. The van der Waals surface area contributed by atoms with E-state index in [2.05, 4.69) is 50.7 Å². The minimum Gasteiger partial charge on any atom is -0.362 e.